The SMILES string of the molecule is C[N]CCc1ccc(OC)c(OC)c1. The van der Waals surface area contributed by atoms with Crippen molar-refractivity contribution in [3.63, 3.8) is 0 Å². The van der Waals surface area contributed by atoms with Gasteiger partial charge in [-0.15, -0.1) is 0 Å². The summed E-state index contributed by atoms with van der Waals surface area (Å²) in [7, 11) is 5.10. The molecule has 0 unspecified atom stereocenters. The zero-order chi connectivity index (χ0) is 10.4. The van der Waals surface area contributed by atoms with E-state index in [1.54, 1.807) is 14.2 Å². The van der Waals surface area contributed by atoms with Crippen molar-refractivity contribution in [1.82, 2.24) is 5.32 Å². The number of hydrogen-bond acceptors (Lipinski definition) is 2. The molecule has 0 aliphatic heterocycles. The maximum atomic E-state index is 5.20. The second kappa shape index (κ2) is 5.50. The highest BCUT2D eigenvalue weighted by Crippen LogP contribution is 2.27. The molecule has 0 bridgehead atoms. The van der Waals surface area contributed by atoms with Crippen LogP contribution in [-0.4, -0.2) is 27.8 Å². The van der Waals surface area contributed by atoms with E-state index < -0.39 is 0 Å². The predicted molar refractivity (Wildman–Crippen MR) is 56.2 cm³/mol. The molecule has 0 aliphatic rings. The summed E-state index contributed by atoms with van der Waals surface area (Å²) in [6, 6.07) is 5.94. The number of rotatable bonds is 5. The number of likely N-dealkylation sites (N-methyl/N-ethyl adjacent to an activating group) is 1. The molecule has 3 nitrogen and oxygen atoms in total. The molecular weight excluding hydrogens is 178 g/mol. The fraction of sp³-hybridized carbons (Fsp3) is 0.455. The van der Waals surface area contributed by atoms with Gasteiger partial charge in [0.1, 0.15) is 0 Å². The quantitative estimate of drug-likeness (QED) is 0.711. The van der Waals surface area contributed by atoms with Crippen LogP contribution in [0.2, 0.25) is 0 Å². The Balaban J connectivity index is 2.79. The first-order valence-corrected chi connectivity index (χ1v) is 4.58. The van der Waals surface area contributed by atoms with Gasteiger partial charge >= 0.3 is 0 Å². The Morgan fingerprint density at radius 1 is 1.14 bits per heavy atom. The zero-order valence-corrected chi connectivity index (χ0v) is 8.91. The molecule has 0 fully saturated rings. The molecule has 0 aromatic heterocycles. The van der Waals surface area contributed by atoms with Crippen molar-refractivity contribution in [2.45, 2.75) is 6.42 Å². The highest BCUT2D eigenvalue weighted by molar-refractivity contribution is 5.42. The summed E-state index contributed by atoms with van der Waals surface area (Å²) in [6.07, 6.45) is 0.941. The van der Waals surface area contributed by atoms with Crippen molar-refractivity contribution in [2.24, 2.45) is 0 Å². The first-order chi connectivity index (χ1) is 6.81. The van der Waals surface area contributed by atoms with Crippen LogP contribution in [-0.2, 0) is 6.42 Å². The molecule has 1 radical (unpaired) electrons. The van der Waals surface area contributed by atoms with Crippen LogP contribution in [0.1, 0.15) is 5.56 Å². The molecule has 0 amide bonds. The lowest BCUT2D eigenvalue weighted by Gasteiger charge is -2.08. The lowest BCUT2D eigenvalue weighted by Crippen LogP contribution is -2.03. The van der Waals surface area contributed by atoms with E-state index >= 15 is 0 Å². The standard InChI is InChI=1S/C11H16NO2/c1-12-7-6-9-4-5-10(13-2)11(8-9)14-3/h4-5,8H,6-7H2,1-3H3. The number of benzene rings is 1. The fourth-order valence-corrected chi connectivity index (χ4v) is 1.28. The third-order valence-corrected chi connectivity index (χ3v) is 2.07. The number of nitrogens with zero attached hydrogens (tertiary/aromatic N) is 1. The van der Waals surface area contributed by atoms with Gasteiger partial charge in [-0.3, -0.25) is 0 Å². The van der Waals surface area contributed by atoms with Gasteiger partial charge in [-0.05, 0) is 24.1 Å². The normalized spacial score (nSPS) is 9.93. The van der Waals surface area contributed by atoms with Crippen molar-refractivity contribution in [3.05, 3.63) is 23.8 Å². The van der Waals surface area contributed by atoms with Crippen molar-refractivity contribution >= 4 is 0 Å². The maximum absolute atomic E-state index is 5.20. The van der Waals surface area contributed by atoms with E-state index in [1.165, 1.54) is 5.56 Å². The topological polar surface area (TPSA) is 32.6 Å². The van der Waals surface area contributed by atoms with Crippen LogP contribution in [0.25, 0.3) is 0 Å². The van der Waals surface area contributed by atoms with Crippen molar-refractivity contribution in [3.8, 4) is 11.5 Å². The minimum absolute atomic E-state index is 0.768. The smallest absolute Gasteiger partial charge is 0.160 e. The highest BCUT2D eigenvalue weighted by Gasteiger charge is 2.03. The summed E-state index contributed by atoms with van der Waals surface area (Å²) >= 11 is 0. The maximum Gasteiger partial charge on any atom is 0.160 e. The Morgan fingerprint density at radius 3 is 2.43 bits per heavy atom. The summed E-state index contributed by atoms with van der Waals surface area (Å²) in [6.45, 7) is 0.843. The molecule has 0 saturated heterocycles. The zero-order valence-electron chi connectivity index (χ0n) is 8.91. The molecule has 77 valence electrons. The van der Waals surface area contributed by atoms with Gasteiger partial charge < -0.3 is 9.47 Å². The minimum atomic E-state index is 0.768. The molecule has 14 heavy (non-hydrogen) atoms. The largest absolute Gasteiger partial charge is 0.493 e. The average molecular weight is 194 g/mol. The Bertz CT molecular complexity index is 287. The lowest BCUT2D eigenvalue weighted by atomic mass is 10.1. The van der Waals surface area contributed by atoms with Crippen LogP contribution in [0.4, 0.5) is 0 Å². The number of hydrogen-bond donors (Lipinski definition) is 0. The van der Waals surface area contributed by atoms with E-state index in [9.17, 15) is 0 Å². The van der Waals surface area contributed by atoms with Gasteiger partial charge in [-0.2, -0.15) is 0 Å². The number of methoxy groups -OCH3 is 2. The van der Waals surface area contributed by atoms with Crippen molar-refractivity contribution in [1.29, 1.82) is 0 Å². The van der Waals surface area contributed by atoms with E-state index in [4.69, 9.17) is 9.47 Å². The van der Waals surface area contributed by atoms with Crippen LogP contribution in [0.3, 0.4) is 0 Å². The van der Waals surface area contributed by atoms with E-state index in [2.05, 4.69) is 5.32 Å². The van der Waals surface area contributed by atoms with E-state index in [-0.39, 0.29) is 0 Å². The van der Waals surface area contributed by atoms with Crippen molar-refractivity contribution in [2.75, 3.05) is 27.8 Å². The highest BCUT2D eigenvalue weighted by atomic mass is 16.5. The van der Waals surface area contributed by atoms with Crippen LogP contribution in [0.5, 0.6) is 11.5 Å². The summed E-state index contributed by atoms with van der Waals surface area (Å²) in [5.41, 5.74) is 1.22. The van der Waals surface area contributed by atoms with E-state index in [0.717, 1.165) is 24.5 Å². The molecule has 1 aromatic carbocycles. The van der Waals surface area contributed by atoms with Crippen LogP contribution >= 0.6 is 0 Å². The average Bonchev–Trinajstić information content (AvgIpc) is 2.25. The van der Waals surface area contributed by atoms with E-state index in [1.807, 2.05) is 25.2 Å². The summed E-state index contributed by atoms with van der Waals surface area (Å²) in [5.74, 6) is 1.55. The Morgan fingerprint density at radius 2 is 1.86 bits per heavy atom. The summed E-state index contributed by atoms with van der Waals surface area (Å²) < 4.78 is 10.3. The molecule has 0 heterocycles. The van der Waals surface area contributed by atoms with Gasteiger partial charge in [-0.1, -0.05) is 6.07 Å². The van der Waals surface area contributed by atoms with Crippen molar-refractivity contribution < 1.29 is 9.47 Å². The second-order valence-electron chi connectivity index (χ2n) is 2.98. The molecule has 0 spiro atoms. The Kier molecular flexibility index (Phi) is 4.26. The fourth-order valence-electron chi connectivity index (χ4n) is 1.28. The van der Waals surface area contributed by atoms with Gasteiger partial charge in [0, 0.05) is 13.6 Å². The van der Waals surface area contributed by atoms with Gasteiger partial charge in [0.2, 0.25) is 0 Å². The lowest BCUT2D eigenvalue weighted by molar-refractivity contribution is 0.354. The van der Waals surface area contributed by atoms with Gasteiger partial charge in [0.05, 0.1) is 14.2 Å². The molecular formula is C11H16NO2. The molecule has 0 N–H and O–H groups in total. The van der Waals surface area contributed by atoms with Crippen LogP contribution in [0.15, 0.2) is 18.2 Å². The molecule has 3 heteroatoms. The molecule has 1 rings (SSSR count). The Labute approximate surface area is 85.0 Å². The predicted octanol–water partition coefficient (Wildman–Crippen LogP) is 1.48. The monoisotopic (exact) mass is 194 g/mol. The second-order valence-corrected chi connectivity index (χ2v) is 2.98. The molecule has 0 atom stereocenters. The van der Waals surface area contributed by atoms with Crippen LogP contribution in [0, 0.1) is 0 Å². The molecule has 1 aromatic rings. The Hall–Kier alpha value is -1.22. The number of ether oxygens (including phenoxy) is 2. The third kappa shape index (κ3) is 2.64. The first-order valence-electron chi connectivity index (χ1n) is 4.58. The molecule has 0 saturated carbocycles. The third-order valence-electron chi connectivity index (χ3n) is 2.07. The summed E-state index contributed by atoms with van der Waals surface area (Å²) in [4.78, 5) is 0. The first kappa shape index (κ1) is 10.9. The minimum Gasteiger partial charge on any atom is -0.493 e. The van der Waals surface area contributed by atoms with Gasteiger partial charge in [0.15, 0.2) is 11.5 Å². The van der Waals surface area contributed by atoms with Gasteiger partial charge in [0.25, 0.3) is 0 Å². The van der Waals surface area contributed by atoms with Gasteiger partial charge in [-0.25, -0.2) is 5.32 Å². The van der Waals surface area contributed by atoms with E-state index in [0.29, 0.717) is 0 Å². The van der Waals surface area contributed by atoms with Crippen LogP contribution < -0.4 is 14.8 Å². The summed E-state index contributed by atoms with van der Waals surface area (Å²) in [5, 5.41) is 4.06. The molecule has 0 aliphatic carbocycles.